The summed E-state index contributed by atoms with van der Waals surface area (Å²) in [4.78, 5) is 9.92. The van der Waals surface area contributed by atoms with Gasteiger partial charge in [0.05, 0.1) is 4.92 Å². The summed E-state index contributed by atoms with van der Waals surface area (Å²) in [6, 6.07) is 11.9. The van der Waals surface area contributed by atoms with Crippen LogP contribution >= 0.6 is 15.9 Å². The third-order valence-electron chi connectivity index (χ3n) is 3.05. The van der Waals surface area contributed by atoms with Crippen LogP contribution in [0.4, 0.5) is 5.69 Å². The Hall–Kier alpha value is -1.77. The average molecular weight is 385 g/mol. The molecule has 1 unspecified atom stereocenters. The fraction of sp³-hybridized carbons (Fsp3) is 0.143. The minimum atomic E-state index is -4.00. The molecule has 22 heavy (non-hydrogen) atoms. The number of nitro benzene ring substituents is 1. The van der Waals surface area contributed by atoms with Crippen LogP contribution in [-0.2, 0) is 10.0 Å². The molecular weight excluding hydrogens is 372 g/mol. The number of nitro groups is 1. The zero-order valence-corrected chi connectivity index (χ0v) is 14.0. The van der Waals surface area contributed by atoms with Crippen LogP contribution in [0, 0.1) is 10.1 Å². The molecule has 0 fully saturated rings. The highest BCUT2D eigenvalue weighted by molar-refractivity contribution is 9.10. The minimum Gasteiger partial charge on any atom is -0.258 e. The van der Waals surface area contributed by atoms with Gasteiger partial charge in [0, 0.05) is 16.6 Å². The highest BCUT2D eigenvalue weighted by atomic mass is 79.9. The first-order valence-corrected chi connectivity index (χ1v) is 8.60. The van der Waals surface area contributed by atoms with Gasteiger partial charge in [-0.15, -0.1) is 0 Å². The largest absolute Gasteiger partial charge is 0.289 e. The lowest BCUT2D eigenvalue weighted by Crippen LogP contribution is -2.27. The normalized spacial score (nSPS) is 12.8. The van der Waals surface area contributed by atoms with Crippen molar-refractivity contribution in [2.45, 2.75) is 17.9 Å². The number of hydrogen-bond donors (Lipinski definition) is 1. The first-order valence-electron chi connectivity index (χ1n) is 6.32. The van der Waals surface area contributed by atoms with Gasteiger partial charge in [-0.1, -0.05) is 40.2 Å². The van der Waals surface area contributed by atoms with Crippen molar-refractivity contribution in [3.63, 3.8) is 0 Å². The van der Waals surface area contributed by atoms with Gasteiger partial charge in [-0.25, -0.2) is 13.1 Å². The van der Waals surface area contributed by atoms with Crippen molar-refractivity contribution in [3.05, 3.63) is 68.7 Å². The Kier molecular flexibility index (Phi) is 4.94. The van der Waals surface area contributed by atoms with Crippen molar-refractivity contribution in [2.24, 2.45) is 0 Å². The molecule has 0 heterocycles. The Morgan fingerprint density at radius 3 is 2.32 bits per heavy atom. The van der Waals surface area contributed by atoms with Crippen molar-refractivity contribution < 1.29 is 13.3 Å². The monoisotopic (exact) mass is 384 g/mol. The molecule has 116 valence electrons. The Morgan fingerprint density at radius 1 is 1.14 bits per heavy atom. The van der Waals surface area contributed by atoms with E-state index in [1.807, 2.05) is 0 Å². The maximum atomic E-state index is 12.4. The zero-order valence-electron chi connectivity index (χ0n) is 11.6. The highest BCUT2D eigenvalue weighted by Crippen LogP contribution is 2.25. The number of benzene rings is 2. The van der Waals surface area contributed by atoms with Crippen LogP contribution in [0.25, 0.3) is 0 Å². The van der Waals surface area contributed by atoms with Gasteiger partial charge in [-0.05, 0) is 30.7 Å². The van der Waals surface area contributed by atoms with Crippen LogP contribution in [0.15, 0.2) is 57.9 Å². The predicted octanol–water partition coefficient (Wildman–Crippen LogP) is 3.40. The molecule has 0 saturated carbocycles. The van der Waals surface area contributed by atoms with Crippen molar-refractivity contribution in [1.82, 2.24) is 4.72 Å². The van der Waals surface area contributed by atoms with E-state index in [2.05, 4.69) is 20.7 Å². The summed E-state index contributed by atoms with van der Waals surface area (Å²) in [5, 5.41) is 11.0. The molecule has 2 aromatic rings. The van der Waals surface area contributed by atoms with Crippen LogP contribution in [0.5, 0.6) is 0 Å². The minimum absolute atomic E-state index is 0.344. The van der Waals surface area contributed by atoms with E-state index < -0.39 is 26.7 Å². The number of hydrogen-bond acceptors (Lipinski definition) is 4. The lowest BCUT2D eigenvalue weighted by molar-refractivity contribution is -0.387. The van der Waals surface area contributed by atoms with E-state index in [0.717, 1.165) is 10.0 Å². The number of sulfonamides is 1. The molecule has 0 amide bonds. The second kappa shape index (κ2) is 6.55. The fourth-order valence-electron chi connectivity index (χ4n) is 1.95. The molecular formula is C14H13BrN2O4S. The first kappa shape index (κ1) is 16.6. The molecule has 0 aliphatic heterocycles. The van der Waals surface area contributed by atoms with Gasteiger partial charge in [0.1, 0.15) is 0 Å². The summed E-state index contributed by atoms with van der Waals surface area (Å²) in [5.41, 5.74) is 0.309. The average Bonchev–Trinajstić information content (AvgIpc) is 2.47. The summed E-state index contributed by atoms with van der Waals surface area (Å²) >= 11 is 3.30. The summed E-state index contributed by atoms with van der Waals surface area (Å²) in [6.07, 6.45) is 0. The summed E-state index contributed by atoms with van der Waals surface area (Å²) in [5.74, 6) is 0. The number of rotatable bonds is 5. The Morgan fingerprint density at radius 2 is 1.73 bits per heavy atom. The van der Waals surface area contributed by atoms with E-state index >= 15 is 0 Å². The number of para-hydroxylation sites is 1. The lowest BCUT2D eigenvalue weighted by atomic mass is 10.1. The van der Waals surface area contributed by atoms with E-state index in [-0.39, 0.29) is 4.90 Å². The second-order valence-corrected chi connectivity index (χ2v) is 7.22. The lowest BCUT2D eigenvalue weighted by Gasteiger charge is -2.14. The molecule has 2 rings (SSSR count). The highest BCUT2D eigenvalue weighted by Gasteiger charge is 2.26. The maximum absolute atomic E-state index is 12.4. The molecule has 1 N–H and O–H groups in total. The van der Waals surface area contributed by atoms with Crippen molar-refractivity contribution in [1.29, 1.82) is 0 Å². The van der Waals surface area contributed by atoms with E-state index in [1.165, 1.54) is 24.3 Å². The molecule has 0 aliphatic rings. The Labute approximate surface area is 136 Å². The third-order valence-corrected chi connectivity index (χ3v) is 5.17. The van der Waals surface area contributed by atoms with Crippen LogP contribution in [-0.4, -0.2) is 13.3 Å². The van der Waals surface area contributed by atoms with Crippen LogP contribution in [0.1, 0.15) is 18.5 Å². The quantitative estimate of drug-likeness (QED) is 0.631. The molecule has 0 bridgehead atoms. The molecule has 2 aromatic carbocycles. The molecule has 0 radical (unpaired) electrons. The van der Waals surface area contributed by atoms with Gasteiger partial charge in [0.25, 0.3) is 5.69 Å². The molecule has 6 nitrogen and oxygen atoms in total. The summed E-state index contributed by atoms with van der Waals surface area (Å²) < 4.78 is 28.1. The maximum Gasteiger partial charge on any atom is 0.289 e. The van der Waals surface area contributed by atoms with Gasteiger partial charge < -0.3 is 0 Å². The van der Waals surface area contributed by atoms with Gasteiger partial charge in [-0.3, -0.25) is 10.1 Å². The van der Waals surface area contributed by atoms with Gasteiger partial charge in [0.15, 0.2) is 4.90 Å². The second-order valence-electron chi connectivity index (χ2n) is 4.62. The van der Waals surface area contributed by atoms with E-state index in [1.54, 1.807) is 31.2 Å². The molecule has 0 saturated heterocycles. The molecule has 0 aliphatic carbocycles. The fourth-order valence-corrected chi connectivity index (χ4v) is 3.62. The smallest absolute Gasteiger partial charge is 0.258 e. The Bertz CT molecular complexity index is 791. The first-order chi connectivity index (χ1) is 10.3. The van der Waals surface area contributed by atoms with Crippen LogP contribution < -0.4 is 4.72 Å². The topological polar surface area (TPSA) is 89.3 Å². The van der Waals surface area contributed by atoms with Gasteiger partial charge >= 0.3 is 0 Å². The van der Waals surface area contributed by atoms with E-state index in [9.17, 15) is 18.5 Å². The SMILES string of the molecule is CC(NS(=O)(=O)c1ccccc1[N+](=O)[O-])c1ccc(Br)cc1. The number of halogens is 1. The molecule has 0 aromatic heterocycles. The van der Waals surface area contributed by atoms with Crippen LogP contribution in [0.2, 0.25) is 0 Å². The summed E-state index contributed by atoms with van der Waals surface area (Å²) in [7, 11) is -4.00. The van der Waals surface area contributed by atoms with Gasteiger partial charge in [0.2, 0.25) is 10.0 Å². The van der Waals surface area contributed by atoms with E-state index in [4.69, 9.17) is 0 Å². The standard InChI is InChI=1S/C14H13BrN2O4S/c1-10(11-6-8-12(15)9-7-11)16-22(20,21)14-5-3-2-4-13(14)17(18)19/h2-10,16H,1H3. The van der Waals surface area contributed by atoms with Crippen LogP contribution in [0.3, 0.4) is 0 Å². The number of nitrogens with zero attached hydrogens (tertiary/aromatic N) is 1. The van der Waals surface area contributed by atoms with Crippen molar-refractivity contribution in [3.8, 4) is 0 Å². The van der Waals surface area contributed by atoms with Crippen molar-refractivity contribution in [2.75, 3.05) is 0 Å². The Balaban J connectivity index is 2.32. The summed E-state index contributed by atoms with van der Waals surface area (Å²) in [6.45, 7) is 1.68. The predicted molar refractivity (Wildman–Crippen MR) is 86.0 cm³/mol. The molecule has 0 spiro atoms. The molecule has 8 heteroatoms. The van der Waals surface area contributed by atoms with Crippen molar-refractivity contribution >= 4 is 31.6 Å². The molecule has 1 atom stereocenters. The third kappa shape index (κ3) is 3.70. The van der Waals surface area contributed by atoms with Gasteiger partial charge in [-0.2, -0.15) is 0 Å². The number of nitrogens with one attached hydrogen (secondary N) is 1. The van der Waals surface area contributed by atoms with E-state index in [0.29, 0.717) is 0 Å². The zero-order chi connectivity index (χ0) is 16.3.